The van der Waals surface area contributed by atoms with E-state index in [1.54, 1.807) is 22.9 Å². The van der Waals surface area contributed by atoms with Crippen LogP contribution in [-0.2, 0) is 6.54 Å². The number of aromatic nitrogens is 4. The smallest absolute Gasteiger partial charge is 0.327 e. The minimum absolute atomic E-state index is 0. The number of rotatable bonds is 6. The van der Waals surface area contributed by atoms with Crippen LogP contribution in [-0.4, -0.2) is 25.5 Å². The van der Waals surface area contributed by atoms with Crippen LogP contribution in [0.2, 0.25) is 0 Å². The lowest BCUT2D eigenvalue weighted by molar-refractivity contribution is 0.579. The summed E-state index contributed by atoms with van der Waals surface area (Å²) < 4.78 is 16.9. The molecule has 30 heavy (non-hydrogen) atoms. The zero-order chi connectivity index (χ0) is 20.3. The third kappa shape index (κ3) is 5.14. The third-order valence-electron chi connectivity index (χ3n) is 4.45. The van der Waals surface area contributed by atoms with Gasteiger partial charge >= 0.3 is 5.69 Å². The summed E-state index contributed by atoms with van der Waals surface area (Å²) in [6, 6.07) is 10.7. The highest BCUT2D eigenvalue weighted by molar-refractivity contribution is 5.85. The van der Waals surface area contributed by atoms with Crippen LogP contribution >= 0.6 is 12.4 Å². The van der Waals surface area contributed by atoms with Crippen LogP contribution in [0.5, 0.6) is 0 Å². The first-order chi connectivity index (χ1) is 13.4. The molecule has 7 nitrogen and oxygen atoms in total. The molecule has 3 aromatic rings. The summed E-state index contributed by atoms with van der Waals surface area (Å²) in [5.74, 6) is 0. The summed E-state index contributed by atoms with van der Waals surface area (Å²) in [5.41, 5.74) is 7.60. The van der Waals surface area contributed by atoms with E-state index < -0.39 is 5.69 Å². The maximum Gasteiger partial charge on any atom is 0.350 e. The van der Waals surface area contributed by atoms with Gasteiger partial charge in [0.2, 0.25) is 0 Å². The molecule has 0 bridgehead atoms. The van der Waals surface area contributed by atoms with Gasteiger partial charge in [0.1, 0.15) is 6.33 Å². The van der Waals surface area contributed by atoms with E-state index in [-0.39, 0.29) is 50.1 Å². The van der Waals surface area contributed by atoms with Gasteiger partial charge in [-0.25, -0.2) is 18.4 Å². The Kier molecular flexibility index (Phi) is 8.94. The third-order valence-corrected chi connectivity index (χ3v) is 4.45. The van der Waals surface area contributed by atoms with Crippen molar-refractivity contribution < 1.29 is 4.39 Å². The van der Waals surface area contributed by atoms with Gasteiger partial charge in [0.15, 0.2) is 0 Å². The summed E-state index contributed by atoms with van der Waals surface area (Å²) in [4.78, 5) is 24.6. The number of hydrogen-bond acceptors (Lipinski definition) is 4. The van der Waals surface area contributed by atoms with Crippen molar-refractivity contribution in [2.75, 3.05) is 6.54 Å². The summed E-state index contributed by atoms with van der Waals surface area (Å²) in [7, 11) is 0. The second-order valence-corrected chi connectivity index (χ2v) is 6.72. The van der Waals surface area contributed by atoms with Crippen molar-refractivity contribution in [2.24, 2.45) is 5.73 Å². The molecule has 0 aliphatic heterocycles. The van der Waals surface area contributed by atoms with Gasteiger partial charge in [-0.3, -0.25) is 4.79 Å². The van der Waals surface area contributed by atoms with Gasteiger partial charge in [0.05, 0.1) is 18.6 Å². The van der Waals surface area contributed by atoms with Gasteiger partial charge in [-0.15, -0.1) is 12.4 Å². The average molecular weight is 436 g/mol. The SMILES string of the molecule is C.CC(C)n1cc(-c2cccc(-n3cnn(C/C(=C/F)CN)c3=O)c2)ccc1=O.Cl. The first-order valence-electron chi connectivity index (χ1n) is 8.90. The Morgan fingerprint density at radius 2 is 1.93 bits per heavy atom. The van der Waals surface area contributed by atoms with E-state index in [0.29, 0.717) is 12.0 Å². The molecule has 0 spiro atoms. The Morgan fingerprint density at radius 1 is 1.20 bits per heavy atom. The molecule has 0 atom stereocenters. The predicted molar refractivity (Wildman–Crippen MR) is 120 cm³/mol. The maximum atomic E-state index is 12.7. The zero-order valence-electron chi connectivity index (χ0n) is 16.2. The number of benzene rings is 1. The van der Waals surface area contributed by atoms with Crippen LogP contribution in [0.3, 0.4) is 0 Å². The van der Waals surface area contributed by atoms with Gasteiger partial charge in [-0.05, 0) is 48.7 Å². The molecule has 0 amide bonds. The number of hydrogen-bond donors (Lipinski definition) is 1. The van der Waals surface area contributed by atoms with Crippen molar-refractivity contribution in [1.29, 1.82) is 0 Å². The quantitative estimate of drug-likeness (QED) is 0.643. The highest BCUT2D eigenvalue weighted by atomic mass is 35.5. The molecule has 0 radical (unpaired) electrons. The van der Waals surface area contributed by atoms with E-state index in [0.717, 1.165) is 15.8 Å². The number of nitrogens with zero attached hydrogens (tertiary/aromatic N) is 4. The summed E-state index contributed by atoms with van der Waals surface area (Å²) in [6.07, 6.45) is 3.59. The molecule has 0 unspecified atom stereocenters. The van der Waals surface area contributed by atoms with Crippen LogP contribution in [0.15, 0.2) is 70.4 Å². The fourth-order valence-electron chi connectivity index (χ4n) is 2.87. The van der Waals surface area contributed by atoms with Crippen molar-refractivity contribution in [1.82, 2.24) is 18.9 Å². The molecule has 9 heteroatoms. The van der Waals surface area contributed by atoms with Crippen LogP contribution in [0.1, 0.15) is 27.3 Å². The van der Waals surface area contributed by atoms with E-state index in [2.05, 4.69) is 5.10 Å². The molecule has 0 aliphatic rings. The van der Waals surface area contributed by atoms with Gasteiger partial charge in [0, 0.05) is 24.8 Å². The molecule has 2 N–H and O–H groups in total. The van der Waals surface area contributed by atoms with Gasteiger partial charge in [-0.2, -0.15) is 5.10 Å². The predicted octanol–water partition coefficient (Wildman–Crippen LogP) is 3.31. The molecular formula is C21H27ClFN5O2. The molecule has 0 aliphatic carbocycles. The Morgan fingerprint density at radius 3 is 2.57 bits per heavy atom. The molecule has 3 rings (SSSR count). The number of halogens is 2. The van der Waals surface area contributed by atoms with Crippen molar-refractivity contribution in [3.8, 4) is 16.8 Å². The van der Waals surface area contributed by atoms with Crippen LogP contribution in [0.4, 0.5) is 4.39 Å². The molecule has 2 heterocycles. The highest BCUT2D eigenvalue weighted by Crippen LogP contribution is 2.21. The van der Waals surface area contributed by atoms with Gasteiger partial charge in [-0.1, -0.05) is 19.6 Å². The van der Waals surface area contributed by atoms with Crippen molar-refractivity contribution in [2.45, 2.75) is 33.9 Å². The zero-order valence-corrected chi connectivity index (χ0v) is 17.0. The van der Waals surface area contributed by atoms with E-state index in [1.807, 2.05) is 32.0 Å². The second-order valence-electron chi connectivity index (χ2n) is 6.72. The van der Waals surface area contributed by atoms with Crippen molar-refractivity contribution in [3.05, 3.63) is 81.7 Å². The van der Waals surface area contributed by atoms with Crippen molar-refractivity contribution in [3.63, 3.8) is 0 Å². The topological polar surface area (TPSA) is 87.8 Å². The molecule has 1 aromatic carbocycles. The lowest BCUT2D eigenvalue weighted by Gasteiger charge is -2.12. The largest absolute Gasteiger partial charge is 0.350 e. The maximum absolute atomic E-state index is 12.7. The minimum Gasteiger partial charge on any atom is -0.327 e. The van der Waals surface area contributed by atoms with Gasteiger partial charge < -0.3 is 10.3 Å². The Balaban J connectivity index is 0.00000225. The molecule has 2 aromatic heterocycles. The molecule has 0 fully saturated rings. The standard InChI is InChI=1S/C20H22FN5O2.CH4.ClH/c1-14(2)24-12-17(6-7-19(24)27)16-4-3-5-18(8-16)25-13-23-26(20(25)28)11-15(9-21)10-22;;/h3-9,12-14H,10-11,22H2,1-2H3;1H4;1H/b15-9+;;. The van der Waals surface area contributed by atoms with Crippen LogP contribution in [0, 0.1) is 0 Å². The Labute approximate surface area is 180 Å². The molecular weight excluding hydrogens is 409 g/mol. The first-order valence-corrected chi connectivity index (χ1v) is 8.90. The Bertz CT molecular complexity index is 1130. The van der Waals surface area contributed by atoms with Gasteiger partial charge in [0.25, 0.3) is 5.56 Å². The highest BCUT2D eigenvalue weighted by Gasteiger charge is 2.10. The number of pyridine rings is 1. The first kappa shape index (κ1) is 25.1. The van der Waals surface area contributed by atoms with E-state index in [9.17, 15) is 14.0 Å². The van der Waals surface area contributed by atoms with Crippen LogP contribution < -0.4 is 17.0 Å². The van der Waals surface area contributed by atoms with E-state index in [4.69, 9.17) is 5.73 Å². The normalized spacial score (nSPS) is 11.2. The summed E-state index contributed by atoms with van der Waals surface area (Å²) in [5, 5.41) is 4.04. The molecule has 0 saturated carbocycles. The molecule has 162 valence electrons. The Hall–Kier alpha value is -2.97. The fourth-order valence-corrected chi connectivity index (χ4v) is 2.87. The minimum atomic E-state index is -0.392. The lowest BCUT2D eigenvalue weighted by atomic mass is 10.1. The number of nitrogens with two attached hydrogens (primary N) is 1. The fraction of sp³-hybridized carbons (Fsp3) is 0.286. The molecule has 0 saturated heterocycles. The van der Waals surface area contributed by atoms with Crippen LogP contribution in [0.25, 0.3) is 16.8 Å². The monoisotopic (exact) mass is 435 g/mol. The second kappa shape index (κ2) is 10.7. The summed E-state index contributed by atoms with van der Waals surface area (Å²) >= 11 is 0. The van der Waals surface area contributed by atoms with E-state index >= 15 is 0 Å². The van der Waals surface area contributed by atoms with Crippen molar-refractivity contribution >= 4 is 12.4 Å². The summed E-state index contributed by atoms with van der Waals surface area (Å²) in [6.45, 7) is 3.89. The lowest BCUT2D eigenvalue weighted by Crippen LogP contribution is -2.26. The average Bonchev–Trinajstić information content (AvgIpc) is 3.06. The van der Waals surface area contributed by atoms with E-state index in [1.165, 1.54) is 17.0 Å².